The molecule has 3 rings (SSSR count). The Morgan fingerprint density at radius 3 is 2.37 bits per heavy atom. The van der Waals surface area contributed by atoms with Crippen LogP contribution in [-0.4, -0.2) is 57.8 Å². The standard InChI is InChI=1S/C21H26N2O5S2/c1-16(17-3-7-19(29-2)8-4-17)22-21(24)15-28-18-5-9-20(10-6-18)30(25,26)23-11-13-27-14-12-23/h3-10,16H,11-15H2,1-2H3,(H,22,24)/t16-/m0/s1. The van der Waals surface area contributed by atoms with Gasteiger partial charge < -0.3 is 14.8 Å². The summed E-state index contributed by atoms with van der Waals surface area (Å²) in [6.45, 7) is 3.25. The predicted molar refractivity (Wildman–Crippen MR) is 116 cm³/mol. The van der Waals surface area contributed by atoms with Crippen molar-refractivity contribution < 1.29 is 22.7 Å². The summed E-state index contributed by atoms with van der Waals surface area (Å²) < 4.78 is 37.4. The third kappa shape index (κ3) is 5.75. The summed E-state index contributed by atoms with van der Waals surface area (Å²) in [6.07, 6.45) is 2.02. The van der Waals surface area contributed by atoms with Crippen molar-refractivity contribution in [1.29, 1.82) is 0 Å². The van der Waals surface area contributed by atoms with Gasteiger partial charge in [0, 0.05) is 18.0 Å². The molecule has 1 aliphatic heterocycles. The molecule has 1 amide bonds. The van der Waals surface area contributed by atoms with Gasteiger partial charge in [0.25, 0.3) is 5.91 Å². The molecule has 7 nitrogen and oxygen atoms in total. The Morgan fingerprint density at radius 2 is 1.77 bits per heavy atom. The van der Waals surface area contributed by atoms with Crippen LogP contribution in [0.5, 0.6) is 5.75 Å². The Hall–Kier alpha value is -2.07. The number of thioether (sulfide) groups is 1. The van der Waals surface area contributed by atoms with Crippen molar-refractivity contribution in [2.24, 2.45) is 0 Å². The van der Waals surface area contributed by atoms with Crippen molar-refractivity contribution in [3.8, 4) is 5.75 Å². The average Bonchev–Trinajstić information content (AvgIpc) is 2.78. The molecule has 2 aromatic carbocycles. The maximum Gasteiger partial charge on any atom is 0.258 e. The minimum atomic E-state index is -3.54. The van der Waals surface area contributed by atoms with E-state index in [4.69, 9.17) is 9.47 Å². The first-order chi connectivity index (χ1) is 14.4. The first-order valence-electron chi connectivity index (χ1n) is 9.64. The zero-order valence-electron chi connectivity index (χ0n) is 17.0. The summed E-state index contributed by atoms with van der Waals surface area (Å²) in [5.41, 5.74) is 1.01. The van der Waals surface area contributed by atoms with Crippen molar-refractivity contribution in [3.05, 3.63) is 54.1 Å². The zero-order valence-corrected chi connectivity index (χ0v) is 18.7. The molecule has 162 valence electrons. The Morgan fingerprint density at radius 1 is 1.13 bits per heavy atom. The van der Waals surface area contributed by atoms with Crippen molar-refractivity contribution >= 4 is 27.7 Å². The fourth-order valence-electron chi connectivity index (χ4n) is 3.05. The molecule has 2 aromatic rings. The van der Waals surface area contributed by atoms with Gasteiger partial charge >= 0.3 is 0 Å². The molecular formula is C21H26N2O5S2. The Kier molecular flexibility index (Phi) is 7.76. The molecule has 0 spiro atoms. The average molecular weight is 451 g/mol. The maximum absolute atomic E-state index is 12.6. The lowest BCUT2D eigenvalue weighted by Gasteiger charge is -2.26. The third-order valence-corrected chi connectivity index (χ3v) is 7.45. The van der Waals surface area contributed by atoms with Crippen LogP contribution < -0.4 is 10.1 Å². The van der Waals surface area contributed by atoms with E-state index in [9.17, 15) is 13.2 Å². The number of carbonyl (C=O) groups is 1. The predicted octanol–water partition coefficient (Wildman–Crippen LogP) is 2.69. The summed E-state index contributed by atoms with van der Waals surface area (Å²) in [4.78, 5) is 13.6. The summed E-state index contributed by atoms with van der Waals surface area (Å²) >= 11 is 1.67. The summed E-state index contributed by atoms with van der Waals surface area (Å²) in [5.74, 6) is 0.185. The van der Waals surface area contributed by atoms with E-state index >= 15 is 0 Å². The number of rotatable bonds is 8. The Balaban J connectivity index is 1.52. The molecular weight excluding hydrogens is 424 g/mol. The summed E-state index contributed by atoms with van der Waals surface area (Å²) in [6, 6.07) is 14.0. The number of ether oxygens (including phenoxy) is 2. The minimum Gasteiger partial charge on any atom is -0.484 e. The van der Waals surface area contributed by atoms with E-state index in [0.717, 1.165) is 5.56 Å². The lowest BCUT2D eigenvalue weighted by Crippen LogP contribution is -2.40. The smallest absolute Gasteiger partial charge is 0.258 e. The van der Waals surface area contributed by atoms with Crippen molar-refractivity contribution in [3.63, 3.8) is 0 Å². The van der Waals surface area contributed by atoms with Crippen LogP contribution >= 0.6 is 11.8 Å². The van der Waals surface area contributed by atoms with Gasteiger partial charge in [0.2, 0.25) is 10.0 Å². The molecule has 1 heterocycles. The quantitative estimate of drug-likeness (QED) is 0.623. The monoisotopic (exact) mass is 450 g/mol. The van der Waals surface area contributed by atoms with Crippen molar-refractivity contribution in [1.82, 2.24) is 9.62 Å². The van der Waals surface area contributed by atoms with Gasteiger partial charge in [-0.05, 0) is 55.1 Å². The highest BCUT2D eigenvalue weighted by Crippen LogP contribution is 2.21. The molecule has 1 atom stereocenters. The van der Waals surface area contributed by atoms with E-state index in [0.29, 0.717) is 32.1 Å². The van der Waals surface area contributed by atoms with Crippen LogP contribution in [0.1, 0.15) is 18.5 Å². The molecule has 30 heavy (non-hydrogen) atoms. The molecule has 0 radical (unpaired) electrons. The number of morpholine rings is 1. The van der Waals surface area contributed by atoms with Gasteiger partial charge in [0.05, 0.1) is 24.2 Å². The van der Waals surface area contributed by atoms with Gasteiger partial charge in [0.15, 0.2) is 6.61 Å². The first kappa shape index (κ1) is 22.6. The largest absolute Gasteiger partial charge is 0.484 e. The second kappa shape index (κ2) is 10.3. The molecule has 0 aliphatic carbocycles. The van der Waals surface area contributed by atoms with Gasteiger partial charge in [0.1, 0.15) is 5.75 Å². The highest BCUT2D eigenvalue weighted by molar-refractivity contribution is 7.98. The van der Waals surface area contributed by atoms with Crippen LogP contribution in [0.4, 0.5) is 0 Å². The SMILES string of the molecule is CSc1ccc([C@H](C)NC(=O)COc2ccc(S(=O)(=O)N3CCOCC3)cc2)cc1. The second-order valence-electron chi connectivity index (χ2n) is 6.84. The van der Waals surface area contributed by atoms with Crippen molar-refractivity contribution in [2.45, 2.75) is 22.8 Å². The van der Waals surface area contributed by atoms with E-state index in [1.807, 2.05) is 37.4 Å². The lowest BCUT2D eigenvalue weighted by molar-refractivity contribution is -0.123. The van der Waals surface area contributed by atoms with E-state index < -0.39 is 10.0 Å². The number of nitrogens with one attached hydrogen (secondary N) is 1. The van der Waals surface area contributed by atoms with E-state index in [2.05, 4.69) is 5.32 Å². The number of carbonyl (C=O) groups excluding carboxylic acids is 1. The number of nitrogens with zero attached hydrogens (tertiary/aromatic N) is 1. The summed E-state index contributed by atoms with van der Waals surface area (Å²) in [5, 5.41) is 2.90. The van der Waals surface area contributed by atoms with Crippen LogP contribution in [-0.2, 0) is 19.6 Å². The maximum atomic E-state index is 12.6. The zero-order chi connectivity index (χ0) is 21.6. The molecule has 1 fully saturated rings. The third-order valence-electron chi connectivity index (χ3n) is 4.79. The number of amides is 1. The van der Waals surface area contributed by atoms with E-state index in [1.165, 1.54) is 21.3 Å². The minimum absolute atomic E-state index is 0.141. The molecule has 0 saturated carbocycles. The second-order valence-corrected chi connectivity index (χ2v) is 9.66. The molecule has 1 saturated heterocycles. The van der Waals surface area contributed by atoms with Crippen LogP contribution in [0.2, 0.25) is 0 Å². The molecule has 0 bridgehead atoms. The fourth-order valence-corrected chi connectivity index (χ4v) is 4.87. The highest BCUT2D eigenvalue weighted by atomic mass is 32.2. The molecule has 0 unspecified atom stereocenters. The first-order valence-corrected chi connectivity index (χ1v) is 12.3. The van der Waals surface area contributed by atoms with Gasteiger partial charge in [-0.2, -0.15) is 4.31 Å². The normalized spacial score (nSPS) is 16.1. The van der Waals surface area contributed by atoms with Crippen LogP contribution in [0.15, 0.2) is 58.3 Å². The van der Waals surface area contributed by atoms with Crippen LogP contribution in [0, 0.1) is 0 Å². The van der Waals surface area contributed by atoms with Crippen LogP contribution in [0.25, 0.3) is 0 Å². The molecule has 0 aromatic heterocycles. The van der Waals surface area contributed by atoms with Crippen LogP contribution in [0.3, 0.4) is 0 Å². The Bertz CT molecular complexity index is 940. The van der Waals surface area contributed by atoms with Gasteiger partial charge in [-0.3, -0.25) is 4.79 Å². The van der Waals surface area contributed by atoms with Gasteiger partial charge in [-0.1, -0.05) is 12.1 Å². The fraction of sp³-hybridized carbons (Fsp3) is 0.381. The van der Waals surface area contributed by atoms with Crippen molar-refractivity contribution in [2.75, 3.05) is 39.2 Å². The Labute approximate surface area is 181 Å². The van der Waals surface area contributed by atoms with Gasteiger partial charge in [-0.25, -0.2) is 8.42 Å². The lowest BCUT2D eigenvalue weighted by atomic mass is 10.1. The highest BCUT2D eigenvalue weighted by Gasteiger charge is 2.26. The number of hydrogen-bond donors (Lipinski definition) is 1. The molecule has 1 N–H and O–H groups in total. The van der Waals surface area contributed by atoms with E-state index in [1.54, 1.807) is 23.9 Å². The van der Waals surface area contributed by atoms with Gasteiger partial charge in [-0.15, -0.1) is 11.8 Å². The number of hydrogen-bond acceptors (Lipinski definition) is 6. The number of sulfonamides is 1. The number of benzene rings is 2. The summed E-state index contributed by atoms with van der Waals surface area (Å²) in [7, 11) is -3.54. The van der Waals surface area contributed by atoms with E-state index in [-0.39, 0.29) is 23.5 Å². The topological polar surface area (TPSA) is 84.9 Å². The molecule has 1 aliphatic rings. The molecule has 9 heteroatoms.